The number of aromatic nitrogens is 5. The SMILES string of the molecule is CCc1nc(C2CN(c3ncnc4cc(F)c(F)cc34)CCO2)n[nH]1. The fourth-order valence-electron chi connectivity index (χ4n) is 2.90. The summed E-state index contributed by atoms with van der Waals surface area (Å²) in [5.74, 6) is 0.0704. The van der Waals surface area contributed by atoms with Gasteiger partial charge in [0.15, 0.2) is 17.5 Å². The Bertz CT molecular complexity index is 915. The molecule has 25 heavy (non-hydrogen) atoms. The summed E-state index contributed by atoms with van der Waals surface area (Å²) in [4.78, 5) is 14.7. The predicted molar refractivity (Wildman–Crippen MR) is 86.1 cm³/mol. The van der Waals surface area contributed by atoms with Gasteiger partial charge in [-0.3, -0.25) is 5.10 Å². The number of benzene rings is 1. The van der Waals surface area contributed by atoms with Gasteiger partial charge in [-0.2, -0.15) is 5.10 Å². The molecule has 4 rings (SSSR count). The van der Waals surface area contributed by atoms with Crippen molar-refractivity contribution in [2.45, 2.75) is 19.4 Å². The summed E-state index contributed by atoms with van der Waals surface area (Å²) < 4.78 is 32.9. The lowest BCUT2D eigenvalue weighted by atomic mass is 10.2. The molecule has 1 aliphatic rings. The Morgan fingerprint density at radius 3 is 2.92 bits per heavy atom. The van der Waals surface area contributed by atoms with Gasteiger partial charge in [-0.15, -0.1) is 0 Å². The number of aromatic amines is 1. The molecule has 3 heterocycles. The van der Waals surface area contributed by atoms with E-state index in [0.29, 0.717) is 42.2 Å². The Labute approximate surface area is 142 Å². The van der Waals surface area contributed by atoms with E-state index in [1.165, 1.54) is 6.33 Å². The molecule has 0 saturated carbocycles. The molecule has 1 N–H and O–H groups in total. The molecular formula is C16H16F2N6O. The summed E-state index contributed by atoms with van der Waals surface area (Å²) in [6, 6.07) is 2.21. The summed E-state index contributed by atoms with van der Waals surface area (Å²) in [5, 5.41) is 7.54. The summed E-state index contributed by atoms with van der Waals surface area (Å²) in [5.41, 5.74) is 0.359. The monoisotopic (exact) mass is 346 g/mol. The molecule has 0 radical (unpaired) electrons. The predicted octanol–water partition coefficient (Wildman–Crippen LogP) is 2.17. The van der Waals surface area contributed by atoms with Crippen LogP contribution in [0.25, 0.3) is 10.9 Å². The van der Waals surface area contributed by atoms with E-state index >= 15 is 0 Å². The van der Waals surface area contributed by atoms with E-state index in [1.54, 1.807) is 0 Å². The third kappa shape index (κ3) is 2.91. The lowest BCUT2D eigenvalue weighted by Crippen LogP contribution is -2.39. The highest BCUT2D eigenvalue weighted by Gasteiger charge is 2.27. The van der Waals surface area contributed by atoms with Crippen LogP contribution in [-0.2, 0) is 11.2 Å². The first-order valence-corrected chi connectivity index (χ1v) is 8.03. The summed E-state index contributed by atoms with van der Waals surface area (Å²) in [6.07, 6.45) is 1.78. The van der Waals surface area contributed by atoms with Gasteiger partial charge in [-0.05, 0) is 6.07 Å². The van der Waals surface area contributed by atoms with Gasteiger partial charge in [0.1, 0.15) is 24.1 Å². The minimum Gasteiger partial charge on any atom is -0.366 e. The number of nitrogens with one attached hydrogen (secondary N) is 1. The van der Waals surface area contributed by atoms with Crippen molar-refractivity contribution in [3.8, 4) is 0 Å². The number of aryl methyl sites for hydroxylation is 1. The zero-order valence-corrected chi connectivity index (χ0v) is 13.5. The van der Waals surface area contributed by atoms with Gasteiger partial charge in [0, 0.05) is 24.4 Å². The molecule has 1 unspecified atom stereocenters. The Morgan fingerprint density at radius 2 is 2.12 bits per heavy atom. The number of hydrogen-bond acceptors (Lipinski definition) is 6. The maximum Gasteiger partial charge on any atom is 0.181 e. The van der Waals surface area contributed by atoms with Crippen molar-refractivity contribution in [3.05, 3.63) is 41.7 Å². The Balaban J connectivity index is 1.67. The molecule has 1 aromatic carbocycles. The number of rotatable bonds is 3. The van der Waals surface area contributed by atoms with Crippen molar-refractivity contribution in [2.75, 3.05) is 24.6 Å². The number of morpholine rings is 1. The number of anilines is 1. The van der Waals surface area contributed by atoms with Gasteiger partial charge < -0.3 is 9.64 Å². The van der Waals surface area contributed by atoms with E-state index in [-0.39, 0.29) is 6.10 Å². The van der Waals surface area contributed by atoms with E-state index in [2.05, 4.69) is 25.1 Å². The molecule has 1 saturated heterocycles. The second kappa shape index (κ2) is 6.32. The Kier molecular flexibility index (Phi) is 4.00. The number of fused-ring (bicyclic) bond motifs is 1. The highest BCUT2D eigenvalue weighted by Crippen LogP contribution is 2.29. The third-order valence-corrected chi connectivity index (χ3v) is 4.19. The topological polar surface area (TPSA) is 79.8 Å². The molecule has 1 aliphatic heterocycles. The zero-order chi connectivity index (χ0) is 17.4. The van der Waals surface area contributed by atoms with Gasteiger partial charge in [0.25, 0.3) is 0 Å². The molecule has 0 spiro atoms. The maximum absolute atomic E-state index is 13.7. The molecule has 0 bridgehead atoms. The van der Waals surface area contributed by atoms with Crippen LogP contribution in [0.4, 0.5) is 14.6 Å². The highest BCUT2D eigenvalue weighted by atomic mass is 19.2. The van der Waals surface area contributed by atoms with Gasteiger partial charge >= 0.3 is 0 Å². The van der Waals surface area contributed by atoms with Crippen LogP contribution in [0, 0.1) is 11.6 Å². The van der Waals surface area contributed by atoms with E-state index in [0.717, 1.165) is 24.4 Å². The molecule has 7 nitrogen and oxygen atoms in total. The molecule has 0 aliphatic carbocycles. The van der Waals surface area contributed by atoms with Crippen molar-refractivity contribution >= 4 is 16.7 Å². The van der Waals surface area contributed by atoms with Crippen LogP contribution in [0.15, 0.2) is 18.5 Å². The minimum atomic E-state index is -0.926. The molecule has 130 valence electrons. The van der Waals surface area contributed by atoms with Crippen LogP contribution >= 0.6 is 0 Å². The largest absolute Gasteiger partial charge is 0.366 e. The lowest BCUT2D eigenvalue weighted by Gasteiger charge is -2.32. The Morgan fingerprint density at radius 1 is 1.28 bits per heavy atom. The highest BCUT2D eigenvalue weighted by molar-refractivity contribution is 5.89. The molecular weight excluding hydrogens is 330 g/mol. The van der Waals surface area contributed by atoms with Crippen LogP contribution in [0.2, 0.25) is 0 Å². The van der Waals surface area contributed by atoms with E-state index < -0.39 is 11.6 Å². The van der Waals surface area contributed by atoms with Crippen molar-refractivity contribution in [1.29, 1.82) is 0 Å². The van der Waals surface area contributed by atoms with Crippen LogP contribution in [0.5, 0.6) is 0 Å². The number of ether oxygens (including phenoxy) is 1. The van der Waals surface area contributed by atoms with Gasteiger partial charge in [-0.1, -0.05) is 6.92 Å². The number of nitrogens with zero attached hydrogens (tertiary/aromatic N) is 5. The average Bonchev–Trinajstić information content (AvgIpc) is 3.12. The van der Waals surface area contributed by atoms with Crippen LogP contribution in [-0.4, -0.2) is 44.8 Å². The first kappa shape index (κ1) is 15.8. The average molecular weight is 346 g/mol. The summed E-state index contributed by atoms with van der Waals surface area (Å²) >= 11 is 0. The van der Waals surface area contributed by atoms with Crippen molar-refractivity contribution < 1.29 is 13.5 Å². The quantitative estimate of drug-likeness (QED) is 0.783. The van der Waals surface area contributed by atoms with E-state index in [1.807, 2.05) is 11.8 Å². The van der Waals surface area contributed by atoms with Crippen molar-refractivity contribution in [1.82, 2.24) is 25.1 Å². The molecule has 3 aromatic rings. The first-order valence-electron chi connectivity index (χ1n) is 8.03. The van der Waals surface area contributed by atoms with Gasteiger partial charge in [0.05, 0.1) is 18.7 Å². The van der Waals surface area contributed by atoms with E-state index in [9.17, 15) is 8.78 Å². The molecule has 1 fully saturated rings. The standard InChI is InChI=1S/C16H16F2N6O/c1-2-14-21-15(23-22-14)13-7-24(3-4-25-13)16-9-5-10(17)11(18)6-12(9)19-8-20-16/h5-6,8,13H,2-4,7H2,1H3,(H,21,22,23). The fraction of sp³-hybridized carbons (Fsp3) is 0.375. The number of hydrogen-bond donors (Lipinski definition) is 1. The second-order valence-corrected chi connectivity index (χ2v) is 5.78. The first-order chi connectivity index (χ1) is 12.2. The normalized spacial score (nSPS) is 18.0. The van der Waals surface area contributed by atoms with Crippen LogP contribution in [0.3, 0.4) is 0 Å². The minimum absolute atomic E-state index is 0.319. The van der Waals surface area contributed by atoms with Crippen molar-refractivity contribution in [2.24, 2.45) is 0 Å². The maximum atomic E-state index is 13.7. The lowest BCUT2D eigenvalue weighted by molar-refractivity contribution is 0.0340. The fourth-order valence-corrected chi connectivity index (χ4v) is 2.90. The van der Waals surface area contributed by atoms with E-state index in [4.69, 9.17) is 4.74 Å². The van der Waals surface area contributed by atoms with Gasteiger partial charge in [-0.25, -0.2) is 23.7 Å². The molecule has 2 aromatic heterocycles. The third-order valence-electron chi connectivity index (χ3n) is 4.19. The van der Waals surface area contributed by atoms with Gasteiger partial charge in [0.2, 0.25) is 0 Å². The van der Waals surface area contributed by atoms with Crippen LogP contribution < -0.4 is 4.90 Å². The molecule has 9 heteroatoms. The second-order valence-electron chi connectivity index (χ2n) is 5.78. The zero-order valence-electron chi connectivity index (χ0n) is 13.5. The van der Waals surface area contributed by atoms with Crippen LogP contribution in [0.1, 0.15) is 24.7 Å². The smallest absolute Gasteiger partial charge is 0.181 e. The Hall–Kier alpha value is -2.68. The number of H-pyrrole nitrogens is 1. The molecule has 1 atom stereocenters. The summed E-state index contributed by atoms with van der Waals surface area (Å²) in [7, 11) is 0. The van der Waals surface area contributed by atoms with Crippen molar-refractivity contribution in [3.63, 3.8) is 0 Å². The molecule has 0 amide bonds. The number of halogens is 2. The summed E-state index contributed by atoms with van der Waals surface area (Å²) in [6.45, 7) is 3.48.